The lowest BCUT2D eigenvalue weighted by atomic mass is 10.0. The van der Waals surface area contributed by atoms with Crippen LogP contribution in [0, 0.1) is 0 Å². The van der Waals surface area contributed by atoms with Gasteiger partial charge in [-0.05, 0) is 19.8 Å². The number of rotatable bonds is 3. The van der Waals surface area contributed by atoms with E-state index in [1.165, 1.54) is 0 Å². The van der Waals surface area contributed by atoms with Gasteiger partial charge in [-0.15, -0.1) is 11.3 Å². The summed E-state index contributed by atoms with van der Waals surface area (Å²) in [5, 5.41) is 10.1. The molecular formula is C14H19N3O4S. The van der Waals surface area contributed by atoms with Gasteiger partial charge in [-0.25, -0.2) is 4.98 Å². The maximum absolute atomic E-state index is 12.8. The van der Waals surface area contributed by atoms with Gasteiger partial charge in [0.05, 0.1) is 19.3 Å². The quantitative estimate of drug-likeness (QED) is 0.833. The van der Waals surface area contributed by atoms with Crippen molar-refractivity contribution in [2.45, 2.75) is 37.8 Å². The molecule has 8 heteroatoms. The summed E-state index contributed by atoms with van der Waals surface area (Å²) in [7, 11) is 0. The van der Waals surface area contributed by atoms with E-state index in [4.69, 9.17) is 10.5 Å². The highest BCUT2D eigenvalue weighted by Gasteiger charge is 2.37. The van der Waals surface area contributed by atoms with Crippen LogP contribution in [0.4, 0.5) is 0 Å². The number of aliphatic hydroxyl groups excluding tert-OH is 1. The number of primary amides is 1. The van der Waals surface area contributed by atoms with E-state index in [1.807, 2.05) is 6.92 Å². The molecule has 2 aliphatic heterocycles. The van der Waals surface area contributed by atoms with Crippen molar-refractivity contribution in [2.75, 3.05) is 19.8 Å². The third-order valence-corrected chi connectivity index (χ3v) is 5.47. The Bertz CT molecular complexity index is 603. The molecule has 0 spiro atoms. The SMILES string of the molecule is C[C@H]1CCCN1C(=O)c1nc(C(N)=O)sc1C1COC[C@H]1O. The summed E-state index contributed by atoms with van der Waals surface area (Å²) in [5.41, 5.74) is 5.54. The molecule has 2 aliphatic rings. The van der Waals surface area contributed by atoms with Crippen molar-refractivity contribution in [1.82, 2.24) is 9.88 Å². The number of likely N-dealkylation sites (tertiary alicyclic amines) is 1. The van der Waals surface area contributed by atoms with Gasteiger partial charge >= 0.3 is 0 Å². The van der Waals surface area contributed by atoms with Gasteiger partial charge in [-0.1, -0.05) is 0 Å². The highest BCUT2D eigenvalue weighted by atomic mass is 32.1. The fourth-order valence-electron chi connectivity index (χ4n) is 3.01. The van der Waals surface area contributed by atoms with Crippen LogP contribution in [0.2, 0.25) is 0 Å². The summed E-state index contributed by atoms with van der Waals surface area (Å²) in [4.78, 5) is 30.7. The molecule has 0 bridgehead atoms. The van der Waals surface area contributed by atoms with Gasteiger partial charge in [0.25, 0.3) is 11.8 Å². The Morgan fingerprint density at radius 1 is 1.45 bits per heavy atom. The van der Waals surface area contributed by atoms with Crippen LogP contribution in [0.1, 0.15) is 50.9 Å². The minimum absolute atomic E-state index is 0.101. The van der Waals surface area contributed by atoms with Crippen LogP contribution >= 0.6 is 11.3 Å². The molecule has 2 fully saturated rings. The number of nitrogens with zero attached hydrogens (tertiary/aromatic N) is 2. The second-order valence-corrected chi connectivity index (χ2v) is 6.83. The zero-order valence-corrected chi connectivity index (χ0v) is 13.1. The summed E-state index contributed by atoms with van der Waals surface area (Å²) >= 11 is 1.08. The van der Waals surface area contributed by atoms with Crippen molar-refractivity contribution in [1.29, 1.82) is 0 Å². The minimum Gasteiger partial charge on any atom is -0.390 e. The molecule has 22 heavy (non-hydrogen) atoms. The number of thiazole rings is 1. The lowest BCUT2D eigenvalue weighted by molar-refractivity contribution is 0.0739. The van der Waals surface area contributed by atoms with Gasteiger partial charge in [-0.2, -0.15) is 0 Å². The number of aromatic nitrogens is 1. The zero-order valence-electron chi connectivity index (χ0n) is 12.3. The van der Waals surface area contributed by atoms with Crippen LogP contribution in [0.5, 0.6) is 0 Å². The molecule has 3 atom stereocenters. The summed E-state index contributed by atoms with van der Waals surface area (Å²) in [5.74, 6) is -1.18. The van der Waals surface area contributed by atoms with Gasteiger partial charge < -0.3 is 20.5 Å². The van der Waals surface area contributed by atoms with Crippen LogP contribution < -0.4 is 5.73 Å². The summed E-state index contributed by atoms with van der Waals surface area (Å²) in [6.45, 7) is 3.23. The third kappa shape index (κ3) is 2.62. The number of carbonyl (C=O) groups is 2. The Balaban J connectivity index is 1.98. The van der Waals surface area contributed by atoms with Crippen molar-refractivity contribution < 1.29 is 19.4 Å². The molecule has 0 aliphatic carbocycles. The number of amides is 2. The topological polar surface area (TPSA) is 106 Å². The monoisotopic (exact) mass is 325 g/mol. The normalized spacial score (nSPS) is 28.3. The molecule has 2 saturated heterocycles. The van der Waals surface area contributed by atoms with Crippen LogP contribution in [0.3, 0.4) is 0 Å². The number of ether oxygens (including phenoxy) is 1. The maximum Gasteiger partial charge on any atom is 0.277 e. The first kappa shape index (κ1) is 15.4. The Morgan fingerprint density at radius 2 is 2.23 bits per heavy atom. The van der Waals surface area contributed by atoms with E-state index in [2.05, 4.69) is 4.98 Å². The molecule has 7 nitrogen and oxygen atoms in total. The smallest absolute Gasteiger partial charge is 0.277 e. The van der Waals surface area contributed by atoms with Crippen LogP contribution in [0.15, 0.2) is 0 Å². The van der Waals surface area contributed by atoms with E-state index in [1.54, 1.807) is 4.90 Å². The first-order valence-corrected chi connectivity index (χ1v) is 8.18. The van der Waals surface area contributed by atoms with E-state index in [-0.39, 0.29) is 35.2 Å². The molecule has 120 valence electrons. The molecule has 1 aromatic rings. The van der Waals surface area contributed by atoms with Gasteiger partial charge in [-0.3, -0.25) is 9.59 Å². The summed E-state index contributed by atoms with van der Waals surface area (Å²) < 4.78 is 5.26. The van der Waals surface area contributed by atoms with E-state index < -0.39 is 12.0 Å². The largest absolute Gasteiger partial charge is 0.390 e. The first-order valence-electron chi connectivity index (χ1n) is 7.36. The molecule has 0 aromatic carbocycles. The highest BCUT2D eigenvalue weighted by molar-refractivity contribution is 7.14. The molecular weight excluding hydrogens is 306 g/mol. The molecule has 2 amide bonds. The fraction of sp³-hybridized carbons (Fsp3) is 0.643. The second-order valence-electron chi connectivity index (χ2n) is 5.80. The molecule has 3 N–H and O–H groups in total. The third-order valence-electron chi connectivity index (χ3n) is 4.27. The van der Waals surface area contributed by atoms with Gasteiger partial charge in [0.2, 0.25) is 0 Å². The standard InChI is InChI=1S/C14H19N3O4S/c1-7-3-2-4-17(7)14(20)10-11(8-5-21-6-9(8)18)22-13(16-10)12(15)19/h7-9,18H,2-6H2,1H3,(H2,15,19)/t7-,8?,9+/m0/s1. The maximum atomic E-state index is 12.8. The molecule has 1 aromatic heterocycles. The minimum atomic E-state index is -0.691. The fourth-order valence-corrected chi connectivity index (χ4v) is 4.06. The number of carbonyl (C=O) groups excluding carboxylic acids is 2. The lowest BCUT2D eigenvalue weighted by Gasteiger charge is -2.21. The number of nitrogens with two attached hydrogens (primary N) is 1. The van der Waals surface area contributed by atoms with Gasteiger partial charge in [0, 0.05) is 23.4 Å². The van der Waals surface area contributed by atoms with Gasteiger partial charge in [0.15, 0.2) is 5.01 Å². The molecule has 0 radical (unpaired) electrons. The van der Waals surface area contributed by atoms with E-state index >= 15 is 0 Å². The predicted octanol–water partition coefficient (Wildman–Crippen LogP) is 0.341. The average Bonchev–Trinajstić information content (AvgIpc) is 3.16. The zero-order chi connectivity index (χ0) is 15.9. The van der Waals surface area contributed by atoms with Crippen molar-refractivity contribution in [3.05, 3.63) is 15.6 Å². The van der Waals surface area contributed by atoms with Gasteiger partial charge in [0.1, 0.15) is 5.69 Å². The van der Waals surface area contributed by atoms with Crippen molar-refractivity contribution >= 4 is 23.2 Å². The second kappa shape index (κ2) is 5.94. The predicted molar refractivity (Wildman–Crippen MR) is 79.9 cm³/mol. The van der Waals surface area contributed by atoms with E-state index in [0.29, 0.717) is 18.0 Å². The number of aliphatic hydroxyl groups is 1. The van der Waals surface area contributed by atoms with Crippen LogP contribution in [-0.2, 0) is 4.74 Å². The summed E-state index contributed by atoms with van der Waals surface area (Å²) in [6.07, 6.45) is 1.23. The van der Waals surface area contributed by atoms with Crippen LogP contribution in [-0.4, -0.2) is 58.7 Å². The molecule has 3 heterocycles. The van der Waals surface area contributed by atoms with Crippen molar-refractivity contribution in [3.8, 4) is 0 Å². The average molecular weight is 325 g/mol. The van der Waals surface area contributed by atoms with E-state index in [0.717, 1.165) is 24.2 Å². The van der Waals surface area contributed by atoms with Crippen molar-refractivity contribution in [2.24, 2.45) is 5.73 Å². The molecule has 0 saturated carbocycles. The Hall–Kier alpha value is -1.51. The highest BCUT2D eigenvalue weighted by Crippen LogP contribution is 2.34. The number of hydrogen-bond acceptors (Lipinski definition) is 6. The Morgan fingerprint density at radius 3 is 2.77 bits per heavy atom. The first-order chi connectivity index (χ1) is 10.5. The van der Waals surface area contributed by atoms with Crippen molar-refractivity contribution in [3.63, 3.8) is 0 Å². The number of hydrogen-bond donors (Lipinski definition) is 2. The summed E-state index contributed by atoms with van der Waals surface area (Å²) in [6, 6.07) is 0.156. The molecule has 1 unspecified atom stereocenters. The lowest BCUT2D eigenvalue weighted by Crippen LogP contribution is -2.35. The Kier molecular flexibility index (Phi) is 4.16. The molecule has 3 rings (SSSR count). The van der Waals surface area contributed by atoms with Crippen LogP contribution in [0.25, 0.3) is 0 Å². The Labute approximate surface area is 132 Å². The van der Waals surface area contributed by atoms with E-state index in [9.17, 15) is 14.7 Å².